The molecular weight excluding hydrogens is 196 g/mol. The third-order valence-corrected chi connectivity index (χ3v) is 3.42. The van der Waals surface area contributed by atoms with Gasteiger partial charge in [0.1, 0.15) is 0 Å². The van der Waals surface area contributed by atoms with Crippen LogP contribution in [0.1, 0.15) is 43.7 Å². The van der Waals surface area contributed by atoms with E-state index in [4.69, 9.17) is 4.74 Å². The van der Waals surface area contributed by atoms with E-state index in [0.29, 0.717) is 0 Å². The molecule has 86 valence electrons. The van der Waals surface area contributed by atoms with Crippen LogP contribution in [0.4, 0.5) is 0 Å². The Morgan fingerprint density at radius 1 is 1.38 bits per heavy atom. The van der Waals surface area contributed by atoms with Gasteiger partial charge in [-0.25, -0.2) is 0 Å². The van der Waals surface area contributed by atoms with E-state index in [0.717, 1.165) is 32.3 Å². The van der Waals surface area contributed by atoms with Gasteiger partial charge in [-0.15, -0.1) is 6.58 Å². The minimum absolute atomic E-state index is 0.0421. The van der Waals surface area contributed by atoms with Gasteiger partial charge >= 0.3 is 0 Å². The van der Waals surface area contributed by atoms with E-state index < -0.39 is 0 Å². The van der Waals surface area contributed by atoms with Crippen LogP contribution in [0.15, 0.2) is 36.9 Å². The second-order valence-corrected chi connectivity index (χ2v) is 4.52. The van der Waals surface area contributed by atoms with Crippen molar-refractivity contribution in [2.24, 2.45) is 0 Å². The zero-order valence-electron chi connectivity index (χ0n) is 10.0. The Labute approximate surface area is 98.1 Å². The van der Waals surface area contributed by atoms with Crippen molar-refractivity contribution in [3.8, 4) is 0 Å². The molecule has 1 nitrogen and oxygen atoms in total. The Hall–Kier alpha value is -1.08. The zero-order chi connectivity index (χ0) is 11.4. The Morgan fingerprint density at radius 3 is 2.94 bits per heavy atom. The van der Waals surface area contributed by atoms with Crippen LogP contribution >= 0.6 is 0 Å². The monoisotopic (exact) mass is 216 g/mol. The summed E-state index contributed by atoms with van der Waals surface area (Å²) in [7, 11) is 0. The summed E-state index contributed by atoms with van der Waals surface area (Å²) in [5, 5.41) is 0. The van der Waals surface area contributed by atoms with Crippen LogP contribution in [0, 0.1) is 0 Å². The minimum atomic E-state index is -0.0421. The third kappa shape index (κ3) is 1.92. The topological polar surface area (TPSA) is 9.23 Å². The molecule has 0 saturated heterocycles. The molecule has 0 bridgehead atoms. The molecule has 1 aliphatic heterocycles. The van der Waals surface area contributed by atoms with E-state index in [9.17, 15) is 0 Å². The average molecular weight is 216 g/mol. The fourth-order valence-electron chi connectivity index (χ4n) is 2.66. The summed E-state index contributed by atoms with van der Waals surface area (Å²) >= 11 is 0. The molecule has 0 aromatic heterocycles. The molecule has 0 aliphatic carbocycles. The second kappa shape index (κ2) is 4.84. The van der Waals surface area contributed by atoms with Crippen molar-refractivity contribution in [2.45, 2.75) is 44.8 Å². The van der Waals surface area contributed by atoms with Crippen LogP contribution in [0.5, 0.6) is 0 Å². The minimum Gasteiger partial charge on any atom is -0.366 e. The maximum atomic E-state index is 6.11. The van der Waals surface area contributed by atoms with E-state index in [1.807, 2.05) is 6.08 Å². The first-order valence-corrected chi connectivity index (χ1v) is 6.15. The molecule has 1 aliphatic rings. The summed E-state index contributed by atoms with van der Waals surface area (Å²) in [5.74, 6) is 0. The van der Waals surface area contributed by atoms with Gasteiger partial charge in [0, 0.05) is 0 Å². The molecule has 1 unspecified atom stereocenters. The lowest BCUT2D eigenvalue weighted by molar-refractivity contribution is -0.0506. The van der Waals surface area contributed by atoms with Crippen molar-refractivity contribution >= 4 is 0 Å². The van der Waals surface area contributed by atoms with E-state index >= 15 is 0 Å². The van der Waals surface area contributed by atoms with Crippen molar-refractivity contribution in [3.63, 3.8) is 0 Å². The molecule has 1 aromatic rings. The van der Waals surface area contributed by atoms with Crippen LogP contribution in [-0.4, -0.2) is 0 Å². The lowest BCUT2D eigenvalue weighted by Crippen LogP contribution is -2.24. The molecule has 2 rings (SSSR count). The summed E-state index contributed by atoms with van der Waals surface area (Å²) in [4.78, 5) is 0. The Balaban J connectivity index is 2.30. The first-order valence-electron chi connectivity index (χ1n) is 6.15. The Morgan fingerprint density at radius 2 is 2.19 bits per heavy atom. The van der Waals surface area contributed by atoms with Crippen molar-refractivity contribution in [3.05, 3.63) is 48.0 Å². The number of rotatable bonds is 5. The second-order valence-electron chi connectivity index (χ2n) is 4.52. The summed E-state index contributed by atoms with van der Waals surface area (Å²) in [5.41, 5.74) is 2.72. The quantitative estimate of drug-likeness (QED) is 0.671. The van der Waals surface area contributed by atoms with E-state index in [2.05, 4.69) is 37.8 Å². The Kier molecular flexibility index (Phi) is 3.45. The van der Waals surface area contributed by atoms with Gasteiger partial charge in [0.25, 0.3) is 0 Å². The summed E-state index contributed by atoms with van der Waals surface area (Å²) in [6, 6.07) is 8.62. The summed E-state index contributed by atoms with van der Waals surface area (Å²) < 4.78 is 6.11. The molecule has 0 radical (unpaired) electrons. The molecule has 0 spiro atoms. The van der Waals surface area contributed by atoms with Crippen molar-refractivity contribution in [1.29, 1.82) is 0 Å². The lowest BCUT2D eigenvalue weighted by atomic mass is 9.84. The van der Waals surface area contributed by atoms with Crippen LogP contribution in [-0.2, 0) is 16.9 Å². The maximum Gasteiger partial charge on any atom is 0.0942 e. The number of allylic oxidation sites excluding steroid dienone is 1. The highest BCUT2D eigenvalue weighted by molar-refractivity contribution is 5.35. The van der Waals surface area contributed by atoms with E-state index in [1.54, 1.807) is 0 Å². The number of ether oxygens (including phenoxy) is 1. The predicted molar refractivity (Wildman–Crippen MR) is 67.2 cm³/mol. The lowest BCUT2D eigenvalue weighted by Gasteiger charge is -2.29. The van der Waals surface area contributed by atoms with E-state index in [-0.39, 0.29) is 5.60 Å². The molecule has 1 heterocycles. The number of hydrogen-bond donors (Lipinski definition) is 0. The molecule has 0 N–H and O–H groups in total. The van der Waals surface area contributed by atoms with Crippen molar-refractivity contribution in [2.75, 3.05) is 0 Å². The first-order chi connectivity index (χ1) is 7.82. The third-order valence-electron chi connectivity index (χ3n) is 3.42. The summed E-state index contributed by atoms with van der Waals surface area (Å²) in [6.45, 7) is 6.81. The molecule has 1 atom stereocenters. The molecule has 16 heavy (non-hydrogen) atoms. The van der Waals surface area contributed by atoms with Gasteiger partial charge in [0.2, 0.25) is 0 Å². The highest BCUT2D eigenvalue weighted by Crippen LogP contribution is 2.43. The van der Waals surface area contributed by atoms with Crippen LogP contribution in [0.2, 0.25) is 0 Å². The van der Waals surface area contributed by atoms with Gasteiger partial charge in [-0.3, -0.25) is 0 Å². The van der Waals surface area contributed by atoms with Crippen LogP contribution in [0.25, 0.3) is 0 Å². The highest BCUT2D eigenvalue weighted by atomic mass is 16.5. The predicted octanol–water partition coefficient (Wildman–Crippen LogP) is 4.18. The number of fused-ring (bicyclic) bond motifs is 1. The molecular formula is C15H20O. The average Bonchev–Trinajstić information content (AvgIpc) is 2.68. The summed E-state index contributed by atoms with van der Waals surface area (Å²) in [6.07, 6.45) is 6.33. The Bertz CT molecular complexity index is 365. The number of hydrogen-bond acceptors (Lipinski definition) is 1. The smallest absolute Gasteiger partial charge is 0.0942 e. The molecule has 1 aromatic carbocycles. The van der Waals surface area contributed by atoms with Gasteiger partial charge < -0.3 is 4.74 Å². The van der Waals surface area contributed by atoms with Crippen molar-refractivity contribution < 1.29 is 4.74 Å². The highest BCUT2D eigenvalue weighted by Gasteiger charge is 2.37. The number of benzene rings is 1. The van der Waals surface area contributed by atoms with Crippen LogP contribution < -0.4 is 0 Å². The normalized spacial score (nSPS) is 23.1. The molecule has 0 fully saturated rings. The zero-order valence-corrected chi connectivity index (χ0v) is 10.0. The van der Waals surface area contributed by atoms with Gasteiger partial charge in [-0.2, -0.15) is 0 Å². The van der Waals surface area contributed by atoms with Gasteiger partial charge in [0.05, 0.1) is 12.2 Å². The molecule has 1 heteroatoms. The first kappa shape index (κ1) is 11.4. The largest absolute Gasteiger partial charge is 0.366 e. The maximum absolute atomic E-state index is 6.11. The van der Waals surface area contributed by atoms with Crippen LogP contribution in [0.3, 0.4) is 0 Å². The fraction of sp³-hybridized carbons (Fsp3) is 0.467. The SMILES string of the molecule is C=CCCC1(CCC)OCc2ccccc21. The fourth-order valence-corrected chi connectivity index (χ4v) is 2.66. The van der Waals surface area contributed by atoms with Gasteiger partial charge in [0.15, 0.2) is 0 Å². The standard InChI is InChI=1S/C15H20O/c1-3-5-11-15(10-4-2)14-9-7-6-8-13(14)12-16-15/h3,6-9H,1,4-5,10-12H2,2H3. The van der Waals surface area contributed by atoms with Gasteiger partial charge in [-0.1, -0.05) is 43.7 Å². The molecule has 0 amide bonds. The molecule has 0 saturated carbocycles. The van der Waals surface area contributed by atoms with Gasteiger partial charge in [-0.05, 0) is 30.4 Å². The van der Waals surface area contributed by atoms with Crippen molar-refractivity contribution in [1.82, 2.24) is 0 Å². The van der Waals surface area contributed by atoms with E-state index in [1.165, 1.54) is 11.1 Å².